The summed E-state index contributed by atoms with van der Waals surface area (Å²) in [4.78, 5) is 4.22. The Bertz CT molecular complexity index is 510. The molecule has 0 fully saturated rings. The SMILES string of the molecule is NCCc1nccn1Cc1ccc(F)cc1Cl. The molecule has 2 aromatic rings. The first-order chi connectivity index (χ1) is 8.20. The van der Waals surface area contributed by atoms with Crippen molar-refractivity contribution in [3.8, 4) is 0 Å². The molecule has 0 aliphatic rings. The van der Waals surface area contributed by atoms with Gasteiger partial charge in [-0.3, -0.25) is 0 Å². The topological polar surface area (TPSA) is 43.8 Å². The van der Waals surface area contributed by atoms with Gasteiger partial charge in [-0.2, -0.15) is 0 Å². The van der Waals surface area contributed by atoms with Gasteiger partial charge in [0.2, 0.25) is 0 Å². The number of halogens is 2. The van der Waals surface area contributed by atoms with Crippen molar-refractivity contribution in [2.24, 2.45) is 5.73 Å². The number of rotatable bonds is 4. The van der Waals surface area contributed by atoms with Crippen LogP contribution >= 0.6 is 11.6 Å². The van der Waals surface area contributed by atoms with Crippen molar-refractivity contribution in [2.45, 2.75) is 13.0 Å². The third-order valence-corrected chi connectivity index (χ3v) is 2.88. The minimum absolute atomic E-state index is 0.327. The summed E-state index contributed by atoms with van der Waals surface area (Å²) in [5.41, 5.74) is 6.37. The minimum atomic E-state index is -0.327. The predicted molar refractivity (Wildman–Crippen MR) is 65.5 cm³/mol. The van der Waals surface area contributed by atoms with Crippen molar-refractivity contribution < 1.29 is 4.39 Å². The summed E-state index contributed by atoms with van der Waals surface area (Å²) in [5.74, 6) is 0.583. The normalized spacial score (nSPS) is 10.8. The van der Waals surface area contributed by atoms with E-state index >= 15 is 0 Å². The Hall–Kier alpha value is -1.39. The van der Waals surface area contributed by atoms with Gasteiger partial charge < -0.3 is 10.3 Å². The van der Waals surface area contributed by atoms with E-state index in [1.54, 1.807) is 12.3 Å². The van der Waals surface area contributed by atoms with Gasteiger partial charge in [-0.1, -0.05) is 17.7 Å². The summed E-state index contributed by atoms with van der Waals surface area (Å²) < 4.78 is 14.9. The van der Waals surface area contributed by atoms with Crippen LogP contribution in [0.25, 0.3) is 0 Å². The maximum atomic E-state index is 12.9. The van der Waals surface area contributed by atoms with Crippen LogP contribution in [-0.2, 0) is 13.0 Å². The Morgan fingerprint density at radius 2 is 2.24 bits per heavy atom. The Morgan fingerprint density at radius 3 is 2.94 bits per heavy atom. The van der Waals surface area contributed by atoms with Crippen LogP contribution in [0.3, 0.4) is 0 Å². The summed E-state index contributed by atoms with van der Waals surface area (Å²) >= 11 is 5.98. The monoisotopic (exact) mass is 253 g/mol. The highest BCUT2D eigenvalue weighted by molar-refractivity contribution is 6.31. The Labute approximate surface area is 104 Å². The minimum Gasteiger partial charge on any atom is -0.330 e. The van der Waals surface area contributed by atoms with Gasteiger partial charge in [0.05, 0.1) is 6.54 Å². The third-order valence-electron chi connectivity index (χ3n) is 2.53. The van der Waals surface area contributed by atoms with Crippen LogP contribution in [0.5, 0.6) is 0 Å². The fourth-order valence-electron chi connectivity index (χ4n) is 1.67. The number of hydrogen-bond acceptors (Lipinski definition) is 2. The molecule has 5 heteroatoms. The summed E-state index contributed by atoms with van der Waals surface area (Å²) in [6.45, 7) is 1.13. The summed E-state index contributed by atoms with van der Waals surface area (Å²) in [7, 11) is 0. The fraction of sp³-hybridized carbons (Fsp3) is 0.250. The molecule has 0 atom stereocenters. The van der Waals surface area contributed by atoms with Crippen LogP contribution in [0.4, 0.5) is 4.39 Å². The van der Waals surface area contributed by atoms with E-state index in [9.17, 15) is 4.39 Å². The summed E-state index contributed by atoms with van der Waals surface area (Å²) in [6.07, 6.45) is 4.30. The summed E-state index contributed by atoms with van der Waals surface area (Å²) in [6, 6.07) is 4.40. The van der Waals surface area contributed by atoms with Crippen molar-refractivity contribution in [1.29, 1.82) is 0 Å². The largest absolute Gasteiger partial charge is 0.330 e. The number of benzene rings is 1. The molecule has 0 unspecified atom stereocenters. The van der Waals surface area contributed by atoms with Gasteiger partial charge in [0.1, 0.15) is 11.6 Å². The lowest BCUT2D eigenvalue weighted by atomic mass is 10.2. The number of hydrogen-bond donors (Lipinski definition) is 1. The number of nitrogens with two attached hydrogens (primary N) is 1. The molecule has 2 N–H and O–H groups in total. The molecule has 90 valence electrons. The van der Waals surface area contributed by atoms with Gasteiger partial charge in [-0.15, -0.1) is 0 Å². The Kier molecular flexibility index (Phi) is 3.76. The first kappa shape index (κ1) is 12.1. The Balaban J connectivity index is 2.22. The number of imidazole rings is 1. The van der Waals surface area contributed by atoms with Crippen molar-refractivity contribution >= 4 is 11.6 Å². The molecule has 3 nitrogen and oxygen atoms in total. The molecule has 0 aliphatic carbocycles. The molecule has 0 saturated carbocycles. The molecule has 17 heavy (non-hydrogen) atoms. The second-order valence-corrected chi connectivity index (χ2v) is 4.15. The zero-order valence-electron chi connectivity index (χ0n) is 9.24. The van der Waals surface area contributed by atoms with Crippen LogP contribution in [0.1, 0.15) is 11.4 Å². The van der Waals surface area contributed by atoms with Crippen molar-refractivity contribution in [1.82, 2.24) is 9.55 Å². The van der Waals surface area contributed by atoms with Crippen molar-refractivity contribution in [2.75, 3.05) is 6.54 Å². The van der Waals surface area contributed by atoms with E-state index in [2.05, 4.69) is 4.98 Å². The molecule has 0 spiro atoms. The zero-order valence-corrected chi connectivity index (χ0v) is 9.99. The highest BCUT2D eigenvalue weighted by Crippen LogP contribution is 2.18. The smallest absolute Gasteiger partial charge is 0.124 e. The van der Waals surface area contributed by atoms with Crippen molar-refractivity contribution in [3.63, 3.8) is 0 Å². The van der Waals surface area contributed by atoms with Crippen LogP contribution in [0, 0.1) is 5.82 Å². The average molecular weight is 254 g/mol. The first-order valence-electron chi connectivity index (χ1n) is 5.34. The van der Waals surface area contributed by atoms with Crippen LogP contribution in [0.15, 0.2) is 30.6 Å². The predicted octanol–water partition coefficient (Wildman–Crippen LogP) is 2.23. The maximum absolute atomic E-state index is 12.9. The average Bonchev–Trinajstić information content (AvgIpc) is 2.71. The van der Waals surface area contributed by atoms with E-state index in [0.717, 1.165) is 11.4 Å². The standard InChI is InChI=1S/C12H13ClFN3/c13-11-7-10(14)2-1-9(11)8-17-6-5-16-12(17)3-4-15/h1-2,5-7H,3-4,8,15H2. The number of aromatic nitrogens is 2. The molecule has 0 bridgehead atoms. The quantitative estimate of drug-likeness (QED) is 0.908. The van der Waals surface area contributed by atoms with Crippen molar-refractivity contribution in [3.05, 3.63) is 52.8 Å². The molecule has 0 amide bonds. The van der Waals surface area contributed by atoms with E-state index in [0.29, 0.717) is 24.5 Å². The second kappa shape index (κ2) is 5.29. The fourth-order valence-corrected chi connectivity index (χ4v) is 1.90. The first-order valence-corrected chi connectivity index (χ1v) is 5.72. The molecule has 0 saturated heterocycles. The molecule has 1 heterocycles. The highest BCUT2D eigenvalue weighted by atomic mass is 35.5. The second-order valence-electron chi connectivity index (χ2n) is 3.75. The molecule has 0 radical (unpaired) electrons. The Morgan fingerprint density at radius 1 is 1.41 bits per heavy atom. The van der Waals surface area contributed by atoms with Gasteiger partial charge >= 0.3 is 0 Å². The highest BCUT2D eigenvalue weighted by Gasteiger charge is 2.06. The maximum Gasteiger partial charge on any atom is 0.124 e. The third kappa shape index (κ3) is 2.84. The molecule has 1 aromatic carbocycles. The van der Waals surface area contributed by atoms with Gasteiger partial charge in [0.25, 0.3) is 0 Å². The van der Waals surface area contributed by atoms with Gasteiger partial charge in [0.15, 0.2) is 0 Å². The van der Waals surface area contributed by atoms with Crippen LogP contribution < -0.4 is 5.73 Å². The molecular weight excluding hydrogens is 241 g/mol. The van der Waals surface area contributed by atoms with Gasteiger partial charge in [-0.05, 0) is 24.2 Å². The van der Waals surface area contributed by atoms with E-state index in [4.69, 9.17) is 17.3 Å². The van der Waals surface area contributed by atoms with E-state index in [1.807, 2.05) is 10.8 Å². The molecule has 0 aliphatic heterocycles. The van der Waals surface area contributed by atoms with Gasteiger partial charge in [0, 0.05) is 23.8 Å². The molecule has 2 rings (SSSR count). The lowest BCUT2D eigenvalue weighted by molar-refractivity contribution is 0.626. The van der Waals surface area contributed by atoms with Crippen LogP contribution in [0.2, 0.25) is 5.02 Å². The van der Waals surface area contributed by atoms with E-state index in [1.165, 1.54) is 12.1 Å². The zero-order chi connectivity index (χ0) is 12.3. The number of nitrogens with zero attached hydrogens (tertiary/aromatic N) is 2. The van der Waals surface area contributed by atoms with E-state index < -0.39 is 0 Å². The van der Waals surface area contributed by atoms with Gasteiger partial charge in [-0.25, -0.2) is 9.37 Å². The van der Waals surface area contributed by atoms with Crippen LogP contribution in [-0.4, -0.2) is 16.1 Å². The lowest BCUT2D eigenvalue weighted by Crippen LogP contribution is -2.10. The lowest BCUT2D eigenvalue weighted by Gasteiger charge is -2.08. The molecule has 1 aromatic heterocycles. The van der Waals surface area contributed by atoms with E-state index in [-0.39, 0.29) is 5.82 Å². The summed E-state index contributed by atoms with van der Waals surface area (Å²) in [5, 5.41) is 0.428. The molecular formula is C12H13ClFN3.